The molecule has 0 spiro atoms. The van der Waals surface area contributed by atoms with Gasteiger partial charge in [-0.2, -0.15) is 0 Å². The van der Waals surface area contributed by atoms with Gasteiger partial charge in [0.2, 0.25) is 0 Å². The minimum atomic E-state index is -0.659. The number of carbonyl (C=O) groups is 1. The van der Waals surface area contributed by atoms with Crippen molar-refractivity contribution in [3.05, 3.63) is 34.1 Å². The van der Waals surface area contributed by atoms with Gasteiger partial charge in [0.1, 0.15) is 5.82 Å². The van der Waals surface area contributed by atoms with Crippen LogP contribution in [-0.4, -0.2) is 11.3 Å². The quantitative estimate of drug-likeness (QED) is 0.932. The molecule has 4 heteroatoms. The van der Waals surface area contributed by atoms with E-state index in [4.69, 9.17) is 5.73 Å². The van der Waals surface area contributed by atoms with Gasteiger partial charge in [0.15, 0.2) is 5.78 Å². The zero-order valence-electron chi connectivity index (χ0n) is 9.51. The average Bonchev–Trinajstić information content (AvgIpc) is 2.71. The largest absolute Gasteiger partial charge is 0.319 e. The highest BCUT2D eigenvalue weighted by molar-refractivity contribution is 9.10. The first-order chi connectivity index (χ1) is 8.01. The molecule has 1 aromatic rings. The molecule has 0 aromatic heterocycles. The number of rotatable bonds is 3. The first-order valence-electron chi connectivity index (χ1n) is 5.77. The number of hydrogen-bond donors (Lipinski definition) is 1. The summed E-state index contributed by atoms with van der Waals surface area (Å²) >= 11 is 3.27. The summed E-state index contributed by atoms with van der Waals surface area (Å²) in [7, 11) is 0. The fourth-order valence-corrected chi connectivity index (χ4v) is 2.79. The van der Waals surface area contributed by atoms with E-state index < -0.39 is 5.54 Å². The van der Waals surface area contributed by atoms with Crippen molar-refractivity contribution in [2.45, 2.75) is 37.6 Å². The number of Topliss-reactive ketones (excluding diaryl/α,β-unsaturated/α-hetero) is 1. The fourth-order valence-electron chi connectivity index (χ4n) is 2.30. The topological polar surface area (TPSA) is 43.1 Å². The highest BCUT2D eigenvalue weighted by Gasteiger charge is 2.36. The molecule has 92 valence electrons. The van der Waals surface area contributed by atoms with E-state index in [1.54, 1.807) is 6.07 Å². The molecule has 1 saturated carbocycles. The zero-order chi connectivity index (χ0) is 12.5. The molecule has 2 nitrogen and oxygen atoms in total. The van der Waals surface area contributed by atoms with Gasteiger partial charge in [0.25, 0.3) is 0 Å². The monoisotopic (exact) mass is 299 g/mol. The Hall–Kier alpha value is -0.740. The van der Waals surface area contributed by atoms with Gasteiger partial charge in [-0.25, -0.2) is 4.39 Å². The van der Waals surface area contributed by atoms with Crippen molar-refractivity contribution in [1.82, 2.24) is 0 Å². The van der Waals surface area contributed by atoms with Crippen molar-refractivity contribution < 1.29 is 9.18 Å². The Labute approximate surface area is 109 Å². The van der Waals surface area contributed by atoms with Gasteiger partial charge in [0.05, 0.1) is 5.54 Å². The molecular formula is C13H15BrFNO. The lowest BCUT2D eigenvalue weighted by Gasteiger charge is -2.21. The molecule has 1 aliphatic carbocycles. The number of hydrogen-bond acceptors (Lipinski definition) is 2. The van der Waals surface area contributed by atoms with Crippen LogP contribution in [0.4, 0.5) is 4.39 Å². The maximum absolute atomic E-state index is 12.9. The third-order valence-electron chi connectivity index (χ3n) is 3.42. The van der Waals surface area contributed by atoms with E-state index in [9.17, 15) is 9.18 Å². The first kappa shape index (κ1) is 12.7. The smallest absolute Gasteiger partial charge is 0.157 e. The molecule has 0 atom stereocenters. The summed E-state index contributed by atoms with van der Waals surface area (Å²) in [5.74, 6) is -0.251. The van der Waals surface area contributed by atoms with Crippen LogP contribution in [0.1, 0.15) is 31.2 Å². The second kappa shape index (κ2) is 4.86. The molecule has 2 rings (SSSR count). The Kier molecular flexibility index (Phi) is 3.64. The highest BCUT2D eigenvalue weighted by Crippen LogP contribution is 2.30. The van der Waals surface area contributed by atoms with Crippen LogP contribution in [0, 0.1) is 5.82 Å². The molecule has 0 heterocycles. The maximum atomic E-state index is 12.9. The minimum absolute atomic E-state index is 0.0577. The van der Waals surface area contributed by atoms with Crippen molar-refractivity contribution in [2.24, 2.45) is 5.73 Å². The highest BCUT2D eigenvalue weighted by atomic mass is 79.9. The first-order valence-corrected chi connectivity index (χ1v) is 6.57. The maximum Gasteiger partial charge on any atom is 0.157 e. The van der Waals surface area contributed by atoms with E-state index in [1.807, 2.05) is 0 Å². The number of nitrogens with two attached hydrogens (primary N) is 1. The summed E-state index contributed by atoms with van der Waals surface area (Å²) in [5.41, 5.74) is 6.23. The third-order valence-corrected chi connectivity index (χ3v) is 4.16. The molecule has 0 bridgehead atoms. The Bertz CT molecular complexity index is 441. The number of halogens is 2. The minimum Gasteiger partial charge on any atom is -0.319 e. The average molecular weight is 300 g/mol. The van der Waals surface area contributed by atoms with Gasteiger partial charge in [-0.15, -0.1) is 0 Å². The summed E-state index contributed by atoms with van der Waals surface area (Å²) in [6, 6.07) is 4.38. The molecule has 1 fully saturated rings. The number of ketones is 1. The van der Waals surface area contributed by atoms with E-state index in [-0.39, 0.29) is 18.0 Å². The van der Waals surface area contributed by atoms with Gasteiger partial charge < -0.3 is 5.73 Å². The number of benzene rings is 1. The van der Waals surface area contributed by atoms with E-state index in [2.05, 4.69) is 15.9 Å². The third kappa shape index (κ3) is 2.75. The van der Waals surface area contributed by atoms with Crippen molar-refractivity contribution in [2.75, 3.05) is 0 Å². The standard InChI is InChI=1S/C13H15BrFNO/c14-11-8-10(15)4-3-9(11)7-12(17)13(16)5-1-2-6-13/h3-4,8H,1-2,5-7,16H2. The van der Waals surface area contributed by atoms with Crippen LogP contribution in [0.3, 0.4) is 0 Å². The lowest BCUT2D eigenvalue weighted by Crippen LogP contribution is -2.46. The van der Waals surface area contributed by atoms with E-state index in [0.717, 1.165) is 31.2 Å². The van der Waals surface area contributed by atoms with Crippen molar-refractivity contribution in [3.8, 4) is 0 Å². The van der Waals surface area contributed by atoms with Gasteiger partial charge in [-0.05, 0) is 30.5 Å². The van der Waals surface area contributed by atoms with Crippen LogP contribution in [0.25, 0.3) is 0 Å². The molecule has 0 radical (unpaired) electrons. The van der Waals surface area contributed by atoms with Gasteiger partial charge >= 0.3 is 0 Å². The molecule has 2 N–H and O–H groups in total. The molecule has 0 aliphatic heterocycles. The van der Waals surface area contributed by atoms with Crippen LogP contribution in [0.5, 0.6) is 0 Å². The molecule has 0 saturated heterocycles. The summed E-state index contributed by atoms with van der Waals surface area (Å²) in [6.45, 7) is 0. The Morgan fingerprint density at radius 2 is 2.06 bits per heavy atom. The van der Waals surface area contributed by atoms with E-state index in [0.29, 0.717) is 4.47 Å². The van der Waals surface area contributed by atoms with E-state index >= 15 is 0 Å². The molecular weight excluding hydrogens is 285 g/mol. The summed E-state index contributed by atoms with van der Waals surface area (Å²) in [4.78, 5) is 12.1. The van der Waals surface area contributed by atoms with Gasteiger partial charge in [0, 0.05) is 10.9 Å². The van der Waals surface area contributed by atoms with Crippen LogP contribution >= 0.6 is 15.9 Å². The van der Waals surface area contributed by atoms with Crippen molar-refractivity contribution in [3.63, 3.8) is 0 Å². The van der Waals surface area contributed by atoms with Crippen LogP contribution in [0.15, 0.2) is 22.7 Å². The van der Waals surface area contributed by atoms with E-state index in [1.165, 1.54) is 12.1 Å². The van der Waals surface area contributed by atoms with Gasteiger partial charge in [-0.1, -0.05) is 34.8 Å². The second-order valence-corrected chi connectivity index (χ2v) is 5.55. The van der Waals surface area contributed by atoms with Crippen LogP contribution in [-0.2, 0) is 11.2 Å². The normalized spacial score (nSPS) is 18.3. The summed E-state index contributed by atoms with van der Waals surface area (Å²) in [6.07, 6.45) is 3.85. The summed E-state index contributed by atoms with van der Waals surface area (Å²) in [5, 5.41) is 0. The molecule has 17 heavy (non-hydrogen) atoms. The van der Waals surface area contributed by atoms with Crippen LogP contribution in [0.2, 0.25) is 0 Å². The van der Waals surface area contributed by atoms with Crippen molar-refractivity contribution in [1.29, 1.82) is 0 Å². The molecule has 1 aromatic carbocycles. The van der Waals surface area contributed by atoms with Gasteiger partial charge in [-0.3, -0.25) is 4.79 Å². The van der Waals surface area contributed by atoms with Crippen molar-refractivity contribution >= 4 is 21.7 Å². The predicted molar refractivity (Wildman–Crippen MR) is 68.2 cm³/mol. The Morgan fingerprint density at radius 3 is 2.65 bits per heavy atom. The fraction of sp³-hybridized carbons (Fsp3) is 0.462. The zero-order valence-corrected chi connectivity index (χ0v) is 11.1. The SMILES string of the molecule is NC1(C(=O)Cc2ccc(F)cc2Br)CCCC1. The predicted octanol–water partition coefficient (Wildman–Crippen LogP) is 2.97. The number of carbonyl (C=O) groups excluding carboxylic acids is 1. The molecule has 1 aliphatic rings. The van der Waals surface area contributed by atoms with Crippen LogP contribution < -0.4 is 5.73 Å². The molecule has 0 unspecified atom stereocenters. The summed E-state index contributed by atoms with van der Waals surface area (Å²) < 4.78 is 13.6. The Morgan fingerprint density at radius 1 is 1.41 bits per heavy atom. The lowest BCUT2D eigenvalue weighted by molar-refractivity contribution is -0.123. The molecule has 0 amide bonds. The second-order valence-electron chi connectivity index (χ2n) is 4.70. The lowest BCUT2D eigenvalue weighted by atomic mass is 9.89. The Balaban J connectivity index is 2.13.